The first-order valence-corrected chi connectivity index (χ1v) is 8.08. The van der Waals surface area contributed by atoms with Crippen LogP contribution in [-0.2, 0) is 4.79 Å². The molecule has 0 aliphatic carbocycles. The Balaban J connectivity index is 3.18. The number of rotatable bonds is 13. The van der Waals surface area contributed by atoms with E-state index < -0.39 is 0 Å². The van der Waals surface area contributed by atoms with Gasteiger partial charge in [-0.3, -0.25) is 4.79 Å². The summed E-state index contributed by atoms with van der Waals surface area (Å²) in [6.45, 7) is 4.90. The lowest BCUT2D eigenvalue weighted by Crippen LogP contribution is -2.29. The average molecular weight is 271 g/mol. The number of amides is 1. The molecule has 0 aliphatic heterocycles. The van der Waals surface area contributed by atoms with Crippen molar-refractivity contribution >= 4 is 5.91 Å². The predicted octanol–water partition coefficient (Wildman–Crippen LogP) is 3.65. The van der Waals surface area contributed by atoms with Gasteiger partial charge in [0.2, 0.25) is 5.91 Å². The quantitative estimate of drug-likeness (QED) is 0.502. The Kier molecular flexibility index (Phi) is 13.4. The van der Waals surface area contributed by atoms with Crippen LogP contribution in [0.25, 0.3) is 0 Å². The first kappa shape index (κ1) is 18.4. The summed E-state index contributed by atoms with van der Waals surface area (Å²) in [4.78, 5) is 11.5. The molecule has 1 unspecified atom stereocenters. The Morgan fingerprint density at radius 1 is 1.00 bits per heavy atom. The van der Waals surface area contributed by atoms with Crippen LogP contribution in [0.5, 0.6) is 0 Å². The lowest BCUT2D eigenvalue weighted by atomic mass is 10.1. The van der Waals surface area contributed by atoms with Gasteiger partial charge in [0.15, 0.2) is 0 Å². The van der Waals surface area contributed by atoms with Crippen molar-refractivity contribution in [2.24, 2.45) is 5.92 Å². The van der Waals surface area contributed by atoms with Gasteiger partial charge in [0.1, 0.15) is 0 Å². The van der Waals surface area contributed by atoms with Gasteiger partial charge in [-0.15, -0.1) is 0 Å². The molecule has 0 fully saturated rings. The van der Waals surface area contributed by atoms with Gasteiger partial charge in [0.25, 0.3) is 0 Å². The molecular formula is C16H33NO2. The zero-order valence-corrected chi connectivity index (χ0v) is 12.9. The number of carbonyl (C=O) groups is 1. The molecule has 19 heavy (non-hydrogen) atoms. The largest absolute Gasteiger partial charge is 0.396 e. The van der Waals surface area contributed by atoms with Crippen molar-refractivity contribution in [2.75, 3.05) is 13.2 Å². The first-order valence-electron chi connectivity index (χ1n) is 8.08. The second-order valence-electron chi connectivity index (χ2n) is 5.67. The summed E-state index contributed by atoms with van der Waals surface area (Å²) in [5.74, 6) is 0.287. The molecule has 1 amide bonds. The molecule has 0 bridgehead atoms. The smallest absolute Gasteiger partial charge is 0.220 e. The van der Waals surface area contributed by atoms with Gasteiger partial charge < -0.3 is 10.4 Å². The van der Waals surface area contributed by atoms with E-state index in [1.807, 2.05) is 6.92 Å². The van der Waals surface area contributed by atoms with Crippen molar-refractivity contribution in [3.63, 3.8) is 0 Å². The Bertz CT molecular complexity index is 207. The molecule has 0 saturated carbocycles. The van der Waals surface area contributed by atoms with Crippen molar-refractivity contribution in [1.82, 2.24) is 5.32 Å². The number of hydrogen-bond donors (Lipinski definition) is 2. The fraction of sp³-hybridized carbons (Fsp3) is 0.938. The lowest BCUT2D eigenvalue weighted by Gasteiger charge is -2.09. The summed E-state index contributed by atoms with van der Waals surface area (Å²) in [6, 6.07) is 0. The van der Waals surface area contributed by atoms with Crippen LogP contribution in [0.1, 0.15) is 78.1 Å². The molecule has 0 saturated heterocycles. The summed E-state index contributed by atoms with van der Waals surface area (Å²) < 4.78 is 0. The van der Waals surface area contributed by atoms with Crippen molar-refractivity contribution in [3.8, 4) is 0 Å². The molecule has 0 aromatic rings. The molecule has 0 aromatic carbocycles. The molecule has 0 aromatic heterocycles. The third-order valence-electron chi connectivity index (χ3n) is 3.47. The monoisotopic (exact) mass is 271 g/mol. The van der Waals surface area contributed by atoms with E-state index in [9.17, 15) is 4.79 Å². The maximum absolute atomic E-state index is 11.5. The van der Waals surface area contributed by atoms with Crippen LogP contribution in [0.15, 0.2) is 0 Å². The highest BCUT2D eigenvalue weighted by Crippen LogP contribution is 2.10. The van der Waals surface area contributed by atoms with E-state index in [-0.39, 0.29) is 18.4 Å². The van der Waals surface area contributed by atoms with Gasteiger partial charge in [0.05, 0.1) is 0 Å². The van der Waals surface area contributed by atoms with E-state index in [0.29, 0.717) is 13.0 Å². The molecule has 0 rings (SSSR count). The number of aliphatic hydroxyl groups is 1. The van der Waals surface area contributed by atoms with Crippen molar-refractivity contribution in [2.45, 2.75) is 78.1 Å². The van der Waals surface area contributed by atoms with Crippen molar-refractivity contribution < 1.29 is 9.90 Å². The van der Waals surface area contributed by atoms with E-state index in [1.54, 1.807) is 0 Å². The Hall–Kier alpha value is -0.570. The van der Waals surface area contributed by atoms with Gasteiger partial charge in [-0.1, -0.05) is 65.2 Å². The zero-order valence-electron chi connectivity index (χ0n) is 12.9. The Morgan fingerprint density at radius 3 is 2.05 bits per heavy atom. The third-order valence-corrected chi connectivity index (χ3v) is 3.47. The molecule has 1 atom stereocenters. The molecule has 0 aliphatic rings. The molecule has 0 heterocycles. The predicted molar refractivity (Wildman–Crippen MR) is 81.1 cm³/mol. The minimum absolute atomic E-state index is 0.128. The van der Waals surface area contributed by atoms with Crippen LogP contribution in [0.3, 0.4) is 0 Å². The lowest BCUT2D eigenvalue weighted by molar-refractivity contribution is -0.121. The van der Waals surface area contributed by atoms with Crippen molar-refractivity contribution in [1.29, 1.82) is 0 Å². The van der Waals surface area contributed by atoms with E-state index in [4.69, 9.17) is 5.11 Å². The van der Waals surface area contributed by atoms with Gasteiger partial charge in [0, 0.05) is 19.6 Å². The third kappa shape index (κ3) is 13.7. The summed E-state index contributed by atoms with van der Waals surface area (Å²) in [7, 11) is 0. The van der Waals surface area contributed by atoms with Crippen LogP contribution in [-0.4, -0.2) is 24.2 Å². The number of hydrogen-bond acceptors (Lipinski definition) is 2. The standard InChI is InChI=1S/C16H33NO2/c1-3-4-5-6-7-8-9-10-11-12-16(19)17-13-15(2)14-18/h15,18H,3-14H2,1-2H3,(H,17,19). The SMILES string of the molecule is CCCCCCCCCCCC(=O)NCC(C)CO. The normalized spacial score (nSPS) is 12.4. The number of carbonyl (C=O) groups excluding carboxylic acids is 1. The van der Waals surface area contributed by atoms with Gasteiger partial charge >= 0.3 is 0 Å². The zero-order chi connectivity index (χ0) is 14.3. The van der Waals surface area contributed by atoms with Gasteiger partial charge in [-0.2, -0.15) is 0 Å². The van der Waals surface area contributed by atoms with E-state index in [0.717, 1.165) is 12.8 Å². The average Bonchev–Trinajstić information content (AvgIpc) is 2.42. The molecule has 0 spiro atoms. The Morgan fingerprint density at radius 2 is 1.53 bits per heavy atom. The molecule has 3 heteroatoms. The summed E-state index contributed by atoms with van der Waals surface area (Å²) >= 11 is 0. The van der Waals surface area contributed by atoms with Crippen molar-refractivity contribution in [3.05, 3.63) is 0 Å². The molecule has 3 nitrogen and oxygen atoms in total. The van der Waals surface area contributed by atoms with Crippen LogP contribution in [0, 0.1) is 5.92 Å². The highest BCUT2D eigenvalue weighted by Gasteiger charge is 2.04. The van der Waals surface area contributed by atoms with E-state index in [1.165, 1.54) is 44.9 Å². The maximum Gasteiger partial charge on any atom is 0.220 e. The molecule has 114 valence electrons. The fourth-order valence-electron chi connectivity index (χ4n) is 2.04. The van der Waals surface area contributed by atoms with E-state index in [2.05, 4.69) is 12.2 Å². The van der Waals surface area contributed by atoms with Crippen LogP contribution in [0.2, 0.25) is 0 Å². The first-order chi connectivity index (χ1) is 9.20. The molecule has 2 N–H and O–H groups in total. The summed E-state index contributed by atoms with van der Waals surface area (Å²) in [5, 5.41) is 11.7. The molecular weight excluding hydrogens is 238 g/mol. The van der Waals surface area contributed by atoms with Crippen LogP contribution >= 0.6 is 0 Å². The minimum Gasteiger partial charge on any atom is -0.396 e. The topological polar surface area (TPSA) is 49.3 Å². The highest BCUT2D eigenvalue weighted by atomic mass is 16.3. The van der Waals surface area contributed by atoms with Gasteiger partial charge in [-0.25, -0.2) is 0 Å². The van der Waals surface area contributed by atoms with Crippen LogP contribution in [0.4, 0.5) is 0 Å². The van der Waals surface area contributed by atoms with Crippen LogP contribution < -0.4 is 5.32 Å². The Labute approximate surface area is 119 Å². The highest BCUT2D eigenvalue weighted by molar-refractivity contribution is 5.75. The number of nitrogens with one attached hydrogen (secondary N) is 1. The fourth-order valence-corrected chi connectivity index (χ4v) is 2.04. The second-order valence-corrected chi connectivity index (χ2v) is 5.67. The number of aliphatic hydroxyl groups excluding tert-OH is 1. The minimum atomic E-state index is 0.128. The summed E-state index contributed by atoms with van der Waals surface area (Å²) in [5.41, 5.74) is 0. The molecule has 0 radical (unpaired) electrons. The summed E-state index contributed by atoms with van der Waals surface area (Å²) in [6.07, 6.45) is 12.1. The van der Waals surface area contributed by atoms with Gasteiger partial charge in [-0.05, 0) is 12.3 Å². The number of unbranched alkanes of at least 4 members (excludes halogenated alkanes) is 8. The van der Waals surface area contributed by atoms with E-state index >= 15 is 0 Å². The second kappa shape index (κ2) is 13.9. The maximum atomic E-state index is 11.5.